The number of aliphatic hydroxyl groups is 1. The van der Waals surface area contributed by atoms with Crippen molar-refractivity contribution >= 4 is 26.7 Å². The lowest BCUT2D eigenvalue weighted by Gasteiger charge is -2.40. The molecule has 5 heteroatoms. The highest BCUT2D eigenvalue weighted by atomic mass is 32.1. The van der Waals surface area contributed by atoms with Crippen molar-refractivity contribution in [1.29, 1.82) is 0 Å². The van der Waals surface area contributed by atoms with Crippen molar-refractivity contribution in [2.45, 2.75) is 26.0 Å². The van der Waals surface area contributed by atoms with Gasteiger partial charge in [-0.25, -0.2) is 4.98 Å². The number of aliphatic hydroxyl groups excluding tert-OH is 1. The Kier molecular flexibility index (Phi) is 3.92. The number of hydrogen-bond acceptors (Lipinski definition) is 5. The van der Waals surface area contributed by atoms with E-state index in [1.54, 1.807) is 11.3 Å². The standard InChI is InChI=1S/C15H21N3OS/c1-11-9-18(8-7-17(11)10-12(2)19)15-16-13-5-3-4-6-14(13)20-15/h3-6,11-12,19H,7-10H2,1-2H3/t11-,12-/m0/s1. The Hall–Kier alpha value is -1.17. The zero-order valence-corrected chi connectivity index (χ0v) is 12.8. The van der Waals surface area contributed by atoms with Crippen molar-refractivity contribution in [2.24, 2.45) is 0 Å². The van der Waals surface area contributed by atoms with Gasteiger partial charge >= 0.3 is 0 Å². The normalized spacial score (nSPS) is 22.4. The fourth-order valence-corrected chi connectivity index (χ4v) is 3.78. The van der Waals surface area contributed by atoms with E-state index in [-0.39, 0.29) is 6.10 Å². The Labute approximate surface area is 123 Å². The maximum absolute atomic E-state index is 9.54. The minimum atomic E-state index is -0.258. The Morgan fingerprint density at radius 3 is 2.90 bits per heavy atom. The minimum absolute atomic E-state index is 0.258. The van der Waals surface area contributed by atoms with Crippen LogP contribution in [-0.4, -0.2) is 53.3 Å². The van der Waals surface area contributed by atoms with E-state index in [2.05, 4.69) is 34.9 Å². The lowest BCUT2D eigenvalue weighted by Crippen LogP contribution is -2.53. The molecule has 2 atom stereocenters. The van der Waals surface area contributed by atoms with Gasteiger partial charge in [0.15, 0.2) is 5.13 Å². The molecule has 108 valence electrons. The number of β-amino-alcohol motifs (C(OH)–C–C–N with tert-alkyl or cyclic N) is 1. The summed E-state index contributed by atoms with van der Waals surface area (Å²) in [5.74, 6) is 0. The van der Waals surface area contributed by atoms with Crippen LogP contribution in [0.5, 0.6) is 0 Å². The molecule has 1 aliphatic heterocycles. The van der Waals surface area contributed by atoms with Crippen molar-refractivity contribution in [3.8, 4) is 0 Å². The van der Waals surface area contributed by atoms with E-state index < -0.39 is 0 Å². The second-order valence-corrected chi connectivity index (χ2v) is 6.61. The summed E-state index contributed by atoms with van der Waals surface area (Å²) in [4.78, 5) is 9.46. The van der Waals surface area contributed by atoms with E-state index >= 15 is 0 Å². The average molecular weight is 291 g/mol. The van der Waals surface area contributed by atoms with Crippen LogP contribution in [0.1, 0.15) is 13.8 Å². The van der Waals surface area contributed by atoms with Crippen LogP contribution in [0.15, 0.2) is 24.3 Å². The molecule has 1 fully saturated rings. The summed E-state index contributed by atoms with van der Waals surface area (Å²) in [6.07, 6.45) is -0.258. The second-order valence-electron chi connectivity index (χ2n) is 5.60. The van der Waals surface area contributed by atoms with Crippen molar-refractivity contribution in [2.75, 3.05) is 31.1 Å². The molecule has 0 bridgehead atoms. The molecule has 0 spiro atoms. The van der Waals surface area contributed by atoms with Gasteiger partial charge in [-0.05, 0) is 26.0 Å². The number of rotatable bonds is 3. The largest absolute Gasteiger partial charge is 0.392 e. The van der Waals surface area contributed by atoms with Crippen LogP contribution in [0.2, 0.25) is 0 Å². The predicted molar refractivity (Wildman–Crippen MR) is 84.5 cm³/mol. The summed E-state index contributed by atoms with van der Waals surface area (Å²) in [5.41, 5.74) is 1.09. The molecule has 1 saturated heterocycles. The van der Waals surface area contributed by atoms with Gasteiger partial charge in [0, 0.05) is 32.2 Å². The van der Waals surface area contributed by atoms with Gasteiger partial charge in [-0.1, -0.05) is 23.5 Å². The highest BCUT2D eigenvalue weighted by Gasteiger charge is 2.26. The summed E-state index contributed by atoms with van der Waals surface area (Å²) >= 11 is 1.77. The third kappa shape index (κ3) is 2.80. The molecule has 1 aromatic carbocycles. The summed E-state index contributed by atoms with van der Waals surface area (Å²) in [7, 11) is 0. The summed E-state index contributed by atoms with van der Waals surface area (Å²) in [6, 6.07) is 8.75. The first-order chi connectivity index (χ1) is 9.63. The van der Waals surface area contributed by atoms with Gasteiger partial charge in [0.25, 0.3) is 0 Å². The predicted octanol–water partition coefficient (Wildman–Crippen LogP) is 2.19. The third-order valence-electron chi connectivity index (χ3n) is 3.82. The molecule has 1 aromatic heterocycles. The number of para-hydroxylation sites is 1. The van der Waals surface area contributed by atoms with E-state index in [0.717, 1.165) is 36.8 Å². The lowest BCUT2D eigenvalue weighted by atomic mass is 10.2. The minimum Gasteiger partial charge on any atom is -0.392 e. The van der Waals surface area contributed by atoms with E-state index in [1.165, 1.54) is 4.70 Å². The van der Waals surface area contributed by atoms with Crippen molar-refractivity contribution < 1.29 is 5.11 Å². The van der Waals surface area contributed by atoms with Gasteiger partial charge in [0.05, 0.1) is 16.3 Å². The summed E-state index contributed by atoms with van der Waals surface area (Å²) < 4.78 is 1.25. The first kappa shape index (κ1) is 13.8. The molecule has 0 amide bonds. The van der Waals surface area contributed by atoms with Crippen LogP contribution in [0.25, 0.3) is 10.2 Å². The fraction of sp³-hybridized carbons (Fsp3) is 0.533. The highest BCUT2D eigenvalue weighted by Crippen LogP contribution is 2.29. The number of fused-ring (bicyclic) bond motifs is 1. The van der Waals surface area contributed by atoms with Crippen LogP contribution in [0.4, 0.5) is 5.13 Å². The number of piperazine rings is 1. The van der Waals surface area contributed by atoms with Crippen molar-refractivity contribution in [3.05, 3.63) is 24.3 Å². The monoisotopic (exact) mass is 291 g/mol. The Morgan fingerprint density at radius 2 is 2.20 bits per heavy atom. The SMILES string of the molecule is C[C@H](O)CN1CCN(c2nc3ccccc3s2)C[C@@H]1C. The molecule has 1 N–H and O–H groups in total. The van der Waals surface area contributed by atoms with Gasteiger partial charge in [0.1, 0.15) is 0 Å². The molecular formula is C15H21N3OS. The zero-order valence-electron chi connectivity index (χ0n) is 12.0. The number of nitrogens with zero attached hydrogens (tertiary/aromatic N) is 3. The fourth-order valence-electron chi connectivity index (χ4n) is 2.77. The lowest BCUT2D eigenvalue weighted by molar-refractivity contribution is 0.0960. The molecule has 0 saturated carbocycles. The van der Waals surface area contributed by atoms with Gasteiger partial charge in [0.2, 0.25) is 0 Å². The maximum Gasteiger partial charge on any atom is 0.186 e. The van der Waals surface area contributed by atoms with Crippen LogP contribution in [-0.2, 0) is 0 Å². The van der Waals surface area contributed by atoms with Crippen LogP contribution in [0.3, 0.4) is 0 Å². The van der Waals surface area contributed by atoms with Crippen LogP contribution >= 0.6 is 11.3 Å². The zero-order chi connectivity index (χ0) is 14.1. The highest BCUT2D eigenvalue weighted by molar-refractivity contribution is 7.22. The second kappa shape index (κ2) is 5.68. The molecule has 2 heterocycles. The third-order valence-corrected chi connectivity index (χ3v) is 4.91. The van der Waals surface area contributed by atoms with Gasteiger partial charge < -0.3 is 10.0 Å². The molecule has 0 radical (unpaired) electrons. The Bertz CT molecular complexity index is 550. The van der Waals surface area contributed by atoms with Crippen LogP contribution in [0, 0.1) is 0 Å². The number of hydrogen-bond donors (Lipinski definition) is 1. The number of anilines is 1. The number of benzene rings is 1. The van der Waals surface area contributed by atoms with E-state index in [9.17, 15) is 5.11 Å². The molecule has 4 nitrogen and oxygen atoms in total. The van der Waals surface area contributed by atoms with Gasteiger partial charge in [-0.3, -0.25) is 4.90 Å². The van der Waals surface area contributed by atoms with Crippen molar-refractivity contribution in [1.82, 2.24) is 9.88 Å². The van der Waals surface area contributed by atoms with Crippen LogP contribution < -0.4 is 4.90 Å². The van der Waals surface area contributed by atoms with E-state index in [4.69, 9.17) is 4.98 Å². The molecule has 2 aromatic rings. The molecular weight excluding hydrogens is 270 g/mol. The Balaban J connectivity index is 1.73. The molecule has 0 unspecified atom stereocenters. The quantitative estimate of drug-likeness (QED) is 0.941. The average Bonchev–Trinajstić information content (AvgIpc) is 2.84. The number of aromatic nitrogens is 1. The first-order valence-corrected chi connectivity index (χ1v) is 7.98. The smallest absolute Gasteiger partial charge is 0.186 e. The molecule has 3 rings (SSSR count). The van der Waals surface area contributed by atoms with E-state index in [1.807, 2.05) is 13.0 Å². The maximum atomic E-state index is 9.54. The molecule has 20 heavy (non-hydrogen) atoms. The first-order valence-electron chi connectivity index (χ1n) is 7.16. The van der Waals surface area contributed by atoms with E-state index in [0.29, 0.717) is 6.04 Å². The van der Waals surface area contributed by atoms with Gasteiger partial charge in [-0.15, -0.1) is 0 Å². The number of thiazole rings is 1. The van der Waals surface area contributed by atoms with Crippen molar-refractivity contribution in [3.63, 3.8) is 0 Å². The molecule has 1 aliphatic rings. The Morgan fingerprint density at radius 1 is 1.40 bits per heavy atom. The summed E-state index contributed by atoms with van der Waals surface area (Å²) in [6.45, 7) is 7.79. The topological polar surface area (TPSA) is 39.6 Å². The molecule has 0 aliphatic carbocycles. The van der Waals surface area contributed by atoms with Gasteiger partial charge in [-0.2, -0.15) is 0 Å². The summed E-state index contributed by atoms with van der Waals surface area (Å²) in [5, 5.41) is 10.7.